The number of thiophene rings is 1. The minimum atomic E-state index is -0.513. The van der Waals surface area contributed by atoms with Gasteiger partial charge in [-0.3, -0.25) is 10.1 Å². The van der Waals surface area contributed by atoms with E-state index in [1.165, 1.54) is 29.5 Å². The van der Waals surface area contributed by atoms with E-state index < -0.39 is 4.92 Å². The van der Waals surface area contributed by atoms with Crippen LogP contribution in [-0.2, 0) is 6.54 Å². The van der Waals surface area contributed by atoms with Crippen LogP contribution in [-0.4, -0.2) is 4.92 Å². The second-order valence-electron chi connectivity index (χ2n) is 3.79. The highest BCUT2D eigenvalue weighted by atomic mass is 79.9. The number of benzene rings is 1. The summed E-state index contributed by atoms with van der Waals surface area (Å²) in [5, 5.41) is 22.7. The molecule has 0 saturated carbocycles. The molecule has 20 heavy (non-hydrogen) atoms. The molecule has 0 spiro atoms. The van der Waals surface area contributed by atoms with Crippen molar-refractivity contribution >= 4 is 50.2 Å². The molecule has 0 aliphatic rings. The van der Waals surface area contributed by atoms with Crippen LogP contribution in [0.5, 0.6) is 0 Å². The first-order chi connectivity index (χ1) is 9.51. The number of hydrogen-bond donors (Lipinski definition) is 1. The molecule has 5 nitrogen and oxygen atoms in total. The SMILES string of the molecule is N#Cc1ccc(NCc2cc(Br)c(Cl)s2)c([N+](=O)[O-])c1. The maximum atomic E-state index is 11.0. The minimum absolute atomic E-state index is 0.120. The van der Waals surface area contributed by atoms with Gasteiger partial charge in [0.05, 0.1) is 16.6 Å². The van der Waals surface area contributed by atoms with Crippen molar-refractivity contribution in [2.75, 3.05) is 5.32 Å². The van der Waals surface area contributed by atoms with Gasteiger partial charge in [0.25, 0.3) is 5.69 Å². The maximum absolute atomic E-state index is 11.0. The largest absolute Gasteiger partial charge is 0.375 e. The number of rotatable bonds is 4. The van der Waals surface area contributed by atoms with Gasteiger partial charge in [-0.1, -0.05) is 11.6 Å². The molecule has 102 valence electrons. The molecule has 1 aromatic heterocycles. The first-order valence-electron chi connectivity index (χ1n) is 5.37. The lowest BCUT2D eigenvalue weighted by Crippen LogP contribution is -2.01. The van der Waals surface area contributed by atoms with Crippen molar-refractivity contribution < 1.29 is 4.92 Å². The van der Waals surface area contributed by atoms with E-state index in [1.807, 2.05) is 12.1 Å². The minimum Gasteiger partial charge on any atom is -0.375 e. The zero-order valence-electron chi connectivity index (χ0n) is 9.89. The van der Waals surface area contributed by atoms with E-state index in [9.17, 15) is 10.1 Å². The molecule has 1 aromatic carbocycles. The predicted molar refractivity (Wildman–Crippen MR) is 82.2 cm³/mol. The van der Waals surface area contributed by atoms with Gasteiger partial charge in [0.1, 0.15) is 10.0 Å². The average molecular weight is 373 g/mol. The molecule has 0 unspecified atom stereocenters. The Bertz CT molecular complexity index is 692. The van der Waals surface area contributed by atoms with Gasteiger partial charge < -0.3 is 5.32 Å². The smallest absolute Gasteiger partial charge is 0.293 e. The lowest BCUT2D eigenvalue weighted by Gasteiger charge is -2.05. The highest BCUT2D eigenvalue weighted by Gasteiger charge is 2.15. The van der Waals surface area contributed by atoms with Crippen molar-refractivity contribution in [3.63, 3.8) is 0 Å². The Morgan fingerprint density at radius 1 is 1.50 bits per heavy atom. The predicted octanol–water partition coefficient (Wildman–Crippen LogP) is 4.56. The van der Waals surface area contributed by atoms with Crippen molar-refractivity contribution in [1.29, 1.82) is 5.26 Å². The van der Waals surface area contributed by atoms with Gasteiger partial charge >= 0.3 is 0 Å². The number of anilines is 1. The summed E-state index contributed by atoms with van der Waals surface area (Å²) in [6.45, 7) is 0.419. The summed E-state index contributed by atoms with van der Waals surface area (Å²) in [5.41, 5.74) is 0.504. The third-order valence-electron chi connectivity index (χ3n) is 2.47. The standard InChI is InChI=1S/C12H7BrClN3O2S/c13-9-4-8(20-12(9)14)6-16-10-2-1-7(5-15)3-11(10)17(18)19/h1-4,16H,6H2. The Morgan fingerprint density at radius 2 is 2.25 bits per heavy atom. The molecule has 2 aromatic rings. The van der Waals surface area contributed by atoms with E-state index in [4.69, 9.17) is 16.9 Å². The molecule has 0 radical (unpaired) electrons. The van der Waals surface area contributed by atoms with E-state index >= 15 is 0 Å². The fraction of sp³-hybridized carbons (Fsp3) is 0.0833. The summed E-state index contributed by atoms with van der Waals surface area (Å²) in [6.07, 6.45) is 0. The van der Waals surface area contributed by atoms with Crippen LogP contribution in [0, 0.1) is 21.4 Å². The Labute approximate surface area is 132 Å². The zero-order valence-corrected chi connectivity index (χ0v) is 13.1. The topological polar surface area (TPSA) is 79.0 Å². The molecule has 8 heteroatoms. The molecule has 0 bridgehead atoms. The molecule has 0 aliphatic carbocycles. The van der Waals surface area contributed by atoms with Crippen LogP contribution in [0.3, 0.4) is 0 Å². The summed E-state index contributed by atoms with van der Waals surface area (Å²) >= 11 is 10.6. The van der Waals surface area contributed by atoms with Gasteiger partial charge in [0.2, 0.25) is 0 Å². The number of nitriles is 1. The van der Waals surface area contributed by atoms with Crippen LogP contribution in [0.2, 0.25) is 4.34 Å². The Kier molecular flexibility index (Phi) is 4.60. The quantitative estimate of drug-likeness (QED) is 0.630. The summed E-state index contributed by atoms with van der Waals surface area (Å²) < 4.78 is 1.44. The van der Waals surface area contributed by atoms with Crippen LogP contribution in [0.4, 0.5) is 11.4 Å². The third-order valence-corrected chi connectivity index (χ3v) is 4.95. The molecular formula is C12H7BrClN3O2S. The molecule has 0 fully saturated rings. The summed E-state index contributed by atoms with van der Waals surface area (Å²) in [7, 11) is 0. The van der Waals surface area contributed by atoms with Crippen molar-refractivity contribution in [3.8, 4) is 6.07 Å². The van der Waals surface area contributed by atoms with E-state index in [1.54, 1.807) is 0 Å². The first kappa shape index (κ1) is 14.8. The second kappa shape index (κ2) is 6.22. The Morgan fingerprint density at radius 3 is 2.80 bits per heavy atom. The second-order valence-corrected chi connectivity index (χ2v) is 6.38. The number of nitro groups is 1. The highest BCUT2D eigenvalue weighted by Crippen LogP contribution is 2.33. The van der Waals surface area contributed by atoms with Crippen LogP contribution in [0.15, 0.2) is 28.7 Å². The summed E-state index contributed by atoms with van der Waals surface area (Å²) in [6, 6.07) is 8.05. The van der Waals surface area contributed by atoms with Crippen molar-refractivity contribution in [2.45, 2.75) is 6.54 Å². The van der Waals surface area contributed by atoms with Gasteiger partial charge in [0, 0.05) is 22.0 Å². The molecule has 1 heterocycles. The fourth-order valence-electron chi connectivity index (χ4n) is 1.56. The molecule has 0 atom stereocenters. The zero-order chi connectivity index (χ0) is 14.7. The molecular weight excluding hydrogens is 366 g/mol. The van der Waals surface area contributed by atoms with E-state index in [0.29, 0.717) is 16.6 Å². The highest BCUT2D eigenvalue weighted by molar-refractivity contribution is 9.10. The van der Waals surface area contributed by atoms with Gasteiger partial charge in [-0.15, -0.1) is 11.3 Å². The summed E-state index contributed by atoms with van der Waals surface area (Å²) in [5.74, 6) is 0. The fourth-order valence-corrected chi connectivity index (χ4v) is 3.29. The molecule has 0 amide bonds. The van der Waals surface area contributed by atoms with E-state index in [2.05, 4.69) is 21.2 Å². The van der Waals surface area contributed by atoms with Crippen LogP contribution in [0.1, 0.15) is 10.4 Å². The number of nitro benzene ring substituents is 1. The summed E-state index contributed by atoms with van der Waals surface area (Å²) in [4.78, 5) is 11.4. The van der Waals surface area contributed by atoms with Crippen molar-refractivity contribution in [1.82, 2.24) is 0 Å². The van der Waals surface area contributed by atoms with Crippen molar-refractivity contribution in [2.24, 2.45) is 0 Å². The molecule has 2 rings (SSSR count). The average Bonchev–Trinajstić information content (AvgIpc) is 2.75. The van der Waals surface area contributed by atoms with Crippen LogP contribution in [0.25, 0.3) is 0 Å². The maximum Gasteiger partial charge on any atom is 0.293 e. The Balaban J connectivity index is 2.21. The van der Waals surface area contributed by atoms with Gasteiger partial charge in [-0.05, 0) is 34.1 Å². The molecule has 1 N–H and O–H groups in total. The first-order valence-corrected chi connectivity index (χ1v) is 7.36. The lowest BCUT2D eigenvalue weighted by molar-refractivity contribution is -0.384. The Hall–Kier alpha value is -1.62. The van der Waals surface area contributed by atoms with Gasteiger partial charge in [-0.25, -0.2) is 0 Å². The molecule has 0 saturated heterocycles. The number of nitrogens with one attached hydrogen (secondary N) is 1. The van der Waals surface area contributed by atoms with Gasteiger partial charge in [-0.2, -0.15) is 5.26 Å². The number of hydrogen-bond acceptors (Lipinski definition) is 5. The number of halogens is 2. The van der Waals surface area contributed by atoms with E-state index in [-0.39, 0.29) is 11.3 Å². The monoisotopic (exact) mass is 371 g/mol. The lowest BCUT2D eigenvalue weighted by atomic mass is 10.2. The van der Waals surface area contributed by atoms with Gasteiger partial charge in [0.15, 0.2) is 0 Å². The van der Waals surface area contributed by atoms with Crippen LogP contribution < -0.4 is 5.32 Å². The number of nitrogens with zero attached hydrogens (tertiary/aromatic N) is 2. The normalized spacial score (nSPS) is 10.1. The molecule has 0 aliphatic heterocycles. The van der Waals surface area contributed by atoms with Crippen molar-refractivity contribution in [3.05, 3.63) is 53.6 Å². The third kappa shape index (κ3) is 3.28. The van der Waals surface area contributed by atoms with Crippen LogP contribution >= 0.6 is 38.9 Å². The van der Waals surface area contributed by atoms with E-state index in [0.717, 1.165) is 9.35 Å².